The summed E-state index contributed by atoms with van der Waals surface area (Å²) in [6.07, 6.45) is 3.79. The van der Waals surface area contributed by atoms with Crippen molar-refractivity contribution >= 4 is 5.91 Å². The highest BCUT2D eigenvalue weighted by molar-refractivity contribution is 5.92. The Hall–Kier alpha value is -1.36. The number of nitrogens with zero attached hydrogens (tertiary/aromatic N) is 3. The molecule has 2 aliphatic rings. The maximum atomic E-state index is 12.4. The van der Waals surface area contributed by atoms with E-state index in [1.807, 2.05) is 24.9 Å². The molecule has 1 aliphatic heterocycles. The van der Waals surface area contributed by atoms with Crippen LogP contribution in [-0.4, -0.2) is 44.4 Å². The Morgan fingerprint density at radius 1 is 1.53 bits per heavy atom. The molecular formula is C14H21N3O2. The van der Waals surface area contributed by atoms with Crippen LogP contribution in [0, 0.1) is 12.8 Å². The lowest BCUT2D eigenvalue weighted by atomic mass is 9.90. The van der Waals surface area contributed by atoms with Gasteiger partial charge in [0, 0.05) is 31.7 Å². The summed E-state index contributed by atoms with van der Waals surface area (Å²) in [6.45, 7) is 3.39. The minimum absolute atomic E-state index is 0.00218. The molecule has 0 aromatic carbocycles. The molecule has 1 aliphatic carbocycles. The van der Waals surface area contributed by atoms with Crippen molar-refractivity contribution in [3.63, 3.8) is 0 Å². The van der Waals surface area contributed by atoms with E-state index >= 15 is 0 Å². The van der Waals surface area contributed by atoms with Crippen molar-refractivity contribution < 1.29 is 9.90 Å². The van der Waals surface area contributed by atoms with Crippen LogP contribution >= 0.6 is 0 Å². The number of rotatable bonds is 2. The van der Waals surface area contributed by atoms with Gasteiger partial charge in [0.2, 0.25) is 0 Å². The number of amides is 1. The second-order valence-corrected chi connectivity index (χ2v) is 5.99. The SMILES string of the molecule is Cc1cc(C(=O)N2CCCC(C3(O)CC3)C2)nn1C. The van der Waals surface area contributed by atoms with Gasteiger partial charge in [0.05, 0.1) is 5.60 Å². The van der Waals surface area contributed by atoms with Crippen molar-refractivity contribution in [1.29, 1.82) is 0 Å². The van der Waals surface area contributed by atoms with E-state index in [1.54, 1.807) is 4.68 Å². The summed E-state index contributed by atoms with van der Waals surface area (Å²) in [5, 5.41) is 14.5. The smallest absolute Gasteiger partial charge is 0.274 e. The van der Waals surface area contributed by atoms with E-state index in [-0.39, 0.29) is 11.8 Å². The molecule has 0 bridgehead atoms. The van der Waals surface area contributed by atoms with Gasteiger partial charge in [0.1, 0.15) is 0 Å². The Bertz CT molecular complexity index is 485. The number of hydrogen-bond acceptors (Lipinski definition) is 3. The maximum Gasteiger partial charge on any atom is 0.274 e. The zero-order chi connectivity index (χ0) is 13.6. The summed E-state index contributed by atoms with van der Waals surface area (Å²) in [5.41, 5.74) is 1.01. The van der Waals surface area contributed by atoms with Crippen LogP contribution in [0.2, 0.25) is 0 Å². The Kier molecular flexibility index (Phi) is 2.89. The molecule has 2 heterocycles. The van der Waals surface area contributed by atoms with Gasteiger partial charge in [0.15, 0.2) is 5.69 Å². The number of likely N-dealkylation sites (tertiary alicyclic amines) is 1. The molecule has 5 heteroatoms. The molecule has 1 N–H and O–H groups in total. The van der Waals surface area contributed by atoms with Gasteiger partial charge < -0.3 is 10.0 Å². The summed E-state index contributed by atoms with van der Waals surface area (Å²) in [4.78, 5) is 14.3. The largest absolute Gasteiger partial charge is 0.390 e. The van der Waals surface area contributed by atoms with Crippen LogP contribution in [0.3, 0.4) is 0 Å². The van der Waals surface area contributed by atoms with E-state index in [0.29, 0.717) is 12.2 Å². The Morgan fingerprint density at radius 2 is 2.26 bits per heavy atom. The fourth-order valence-corrected chi connectivity index (χ4v) is 2.96. The number of carbonyl (C=O) groups is 1. The van der Waals surface area contributed by atoms with Crippen LogP contribution in [0.25, 0.3) is 0 Å². The second-order valence-electron chi connectivity index (χ2n) is 5.99. The van der Waals surface area contributed by atoms with Crippen LogP contribution in [0.15, 0.2) is 6.07 Å². The summed E-state index contributed by atoms with van der Waals surface area (Å²) in [7, 11) is 1.85. The highest BCUT2D eigenvalue weighted by Crippen LogP contribution is 2.45. The first-order valence-corrected chi connectivity index (χ1v) is 7.02. The molecule has 19 heavy (non-hydrogen) atoms. The Morgan fingerprint density at radius 3 is 2.84 bits per heavy atom. The zero-order valence-corrected chi connectivity index (χ0v) is 11.6. The first kappa shape index (κ1) is 12.7. The lowest BCUT2D eigenvalue weighted by Gasteiger charge is -2.35. The van der Waals surface area contributed by atoms with Crippen LogP contribution in [0.4, 0.5) is 0 Å². The molecule has 3 rings (SSSR count). The molecule has 1 saturated carbocycles. The van der Waals surface area contributed by atoms with E-state index in [9.17, 15) is 9.90 Å². The van der Waals surface area contributed by atoms with E-state index in [4.69, 9.17) is 0 Å². The molecule has 2 fully saturated rings. The van der Waals surface area contributed by atoms with Crippen molar-refractivity contribution in [2.75, 3.05) is 13.1 Å². The van der Waals surface area contributed by atoms with Gasteiger partial charge in [-0.15, -0.1) is 0 Å². The van der Waals surface area contributed by atoms with Gasteiger partial charge in [-0.05, 0) is 38.7 Å². The van der Waals surface area contributed by atoms with Gasteiger partial charge in [-0.2, -0.15) is 5.10 Å². The fourth-order valence-electron chi connectivity index (χ4n) is 2.96. The number of piperidine rings is 1. The molecule has 1 saturated heterocycles. The maximum absolute atomic E-state index is 12.4. The van der Waals surface area contributed by atoms with Crippen LogP contribution in [0.5, 0.6) is 0 Å². The minimum atomic E-state index is -0.487. The Labute approximate surface area is 113 Å². The van der Waals surface area contributed by atoms with Crippen molar-refractivity contribution in [3.8, 4) is 0 Å². The molecule has 1 aromatic rings. The third kappa shape index (κ3) is 2.27. The van der Waals surface area contributed by atoms with Gasteiger partial charge >= 0.3 is 0 Å². The lowest BCUT2D eigenvalue weighted by molar-refractivity contribution is 0.0279. The van der Waals surface area contributed by atoms with Gasteiger partial charge in [-0.1, -0.05) is 0 Å². The molecule has 1 aromatic heterocycles. The summed E-state index contributed by atoms with van der Waals surface area (Å²) >= 11 is 0. The average Bonchev–Trinajstić information content (AvgIpc) is 3.07. The molecule has 104 valence electrons. The number of hydrogen-bond donors (Lipinski definition) is 1. The molecule has 1 amide bonds. The Balaban J connectivity index is 1.72. The van der Waals surface area contributed by atoms with Gasteiger partial charge in [-0.25, -0.2) is 0 Å². The van der Waals surface area contributed by atoms with Crippen LogP contribution in [0.1, 0.15) is 41.9 Å². The van der Waals surface area contributed by atoms with Crippen molar-refractivity contribution in [3.05, 3.63) is 17.5 Å². The molecular weight excluding hydrogens is 242 g/mol. The molecule has 1 atom stereocenters. The first-order chi connectivity index (χ1) is 8.99. The lowest BCUT2D eigenvalue weighted by Crippen LogP contribution is -2.44. The standard InChI is InChI=1S/C14H21N3O2/c1-10-8-12(15-16(10)2)13(18)17-7-3-4-11(9-17)14(19)5-6-14/h8,11,19H,3-7,9H2,1-2H3. The highest BCUT2D eigenvalue weighted by atomic mass is 16.3. The normalized spacial score (nSPS) is 25.4. The predicted octanol–water partition coefficient (Wildman–Crippen LogP) is 1.11. The molecule has 0 spiro atoms. The van der Waals surface area contributed by atoms with Crippen LogP contribution < -0.4 is 0 Å². The number of aliphatic hydroxyl groups is 1. The second kappa shape index (κ2) is 4.34. The van der Waals surface area contributed by atoms with E-state index < -0.39 is 5.60 Å². The number of carbonyl (C=O) groups excluding carboxylic acids is 1. The number of aromatic nitrogens is 2. The van der Waals surface area contributed by atoms with E-state index in [1.165, 1.54) is 0 Å². The third-order valence-corrected chi connectivity index (χ3v) is 4.56. The third-order valence-electron chi connectivity index (χ3n) is 4.56. The van der Waals surface area contributed by atoms with Crippen molar-refractivity contribution in [2.24, 2.45) is 13.0 Å². The monoisotopic (exact) mass is 263 g/mol. The van der Waals surface area contributed by atoms with Crippen molar-refractivity contribution in [2.45, 2.75) is 38.2 Å². The minimum Gasteiger partial charge on any atom is -0.390 e. The van der Waals surface area contributed by atoms with E-state index in [2.05, 4.69) is 5.10 Å². The first-order valence-electron chi connectivity index (χ1n) is 7.02. The molecule has 0 radical (unpaired) electrons. The predicted molar refractivity (Wildman–Crippen MR) is 70.8 cm³/mol. The van der Waals surface area contributed by atoms with Gasteiger partial charge in [0.25, 0.3) is 5.91 Å². The topological polar surface area (TPSA) is 58.4 Å². The number of aryl methyl sites for hydroxylation is 2. The van der Waals surface area contributed by atoms with Crippen LogP contribution in [-0.2, 0) is 7.05 Å². The van der Waals surface area contributed by atoms with E-state index in [0.717, 1.165) is 37.9 Å². The highest BCUT2D eigenvalue weighted by Gasteiger charge is 2.49. The summed E-state index contributed by atoms with van der Waals surface area (Å²) < 4.78 is 1.73. The quantitative estimate of drug-likeness (QED) is 0.869. The van der Waals surface area contributed by atoms with Crippen molar-refractivity contribution in [1.82, 2.24) is 14.7 Å². The molecule has 1 unspecified atom stereocenters. The summed E-state index contributed by atoms with van der Waals surface area (Å²) in [6, 6.07) is 1.83. The molecule has 5 nitrogen and oxygen atoms in total. The zero-order valence-electron chi connectivity index (χ0n) is 11.6. The van der Waals surface area contributed by atoms with Gasteiger partial charge in [-0.3, -0.25) is 9.48 Å². The summed E-state index contributed by atoms with van der Waals surface area (Å²) in [5.74, 6) is 0.243. The fraction of sp³-hybridized carbons (Fsp3) is 0.714. The average molecular weight is 263 g/mol.